The summed E-state index contributed by atoms with van der Waals surface area (Å²) in [7, 11) is 0. The predicted octanol–water partition coefficient (Wildman–Crippen LogP) is 5.14. The highest BCUT2D eigenvalue weighted by atomic mass is 16.5. The van der Waals surface area contributed by atoms with Crippen molar-refractivity contribution in [3.05, 3.63) is 0 Å². The van der Waals surface area contributed by atoms with Gasteiger partial charge in [-0.2, -0.15) is 0 Å². The minimum atomic E-state index is -0.314. The summed E-state index contributed by atoms with van der Waals surface area (Å²) in [6.45, 7) is 13.8. The van der Waals surface area contributed by atoms with E-state index in [0.29, 0.717) is 25.0 Å². The van der Waals surface area contributed by atoms with Crippen LogP contribution in [0.2, 0.25) is 0 Å². The van der Waals surface area contributed by atoms with E-state index in [1.807, 2.05) is 0 Å². The number of hydrogen-bond donors (Lipinski definition) is 0. The molecule has 4 nitrogen and oxygen atoms in total. The van der Waals surface area contributed by atoms with Gasteiger partial charge in [-0.05, 0) is 30.1 Å². The largest absolute Gasteiger partial charge is 0.465 e. The lowest BCUT2D eigenvalue weighted by atomic mass is 9.86. The highest BCUT2D eigenvalue weighted by molar-refractivity contribution is 5.77. The van der Waals surface area contributed by atoms with Gasteiger partial charge >= 0.3 is 11.9 Å². The first kappa shape index (κ1) is 22.9. The van der Waals surface area contributed by atoms with Crippen LogP contribution in [0.25, 0.3) is 0 Å². The SMILES string of the molecule is CCCCC(CC)COC(=O)CCC(=O)OCC(C)CC(C)(C)C. The maximum absolute atomic E-state index is 11.7. The van der Waals surface area contributed by atoms with Crippen molar-refractivity contribution in [1.82, 2.24) is 0 Å². The Labute approximate surface area is 148 Å². The molecule has 0 aromatic rings. The third-order valence-corrected chi connectivity index (χ3v) is 4.05. The molecule has 2 unspecified atom stereocenters. The molecule has 0 aromatic carbocycles. The Morgan fingerprint density at radius 1 is 0.958 bits per heavy atom. The van der Waals surface area contributed by atoms with Crippen LogP contribution in [0, 0.1) is 17.3 Å². The Morgan fingerprint density at radius 3 is 1.96 bits per heavy atom. The van der Waals surface area contributed by atoms with Gasteiger partial charge in [-0.25, -0.2) is 0 Å². The quantitative estimate of drug-likeness (QED) is 0.461. The summed E-state index contributed by atoms with van der Waals surface area (Å²) in [5.41, 5.74) is 0.225. The highest BCUT2D eigenvalue weighted by Gasteiger charge is 2.17. The molecule has 0 aliphatic heterocycles. The fraction of sp³-hybridized carbons (Fsp3) is 0.900. The Kier molecular flexibility index (Phi) is 11.8. The van der Waals surface area contributed by atoms with Crippen LogP contribution >= 0.6 is 0 Å². The van der Waals surface area contributed by atoms with E-state index in [1.165, 1.54) is 0 Å². The van der Waals surface area contributed by atoms with Crippen molar-refractivity contribution in [3.63, 3.8) is 0 Å². The molecule has 142 valence electrons. The van der Waals surface area contributed by atoms with Gasteiger partial charge in [0.1, 0.15) is 0 Å². The third kappa shape index (κ3) is 13.4. The van der Waals surface area contributed by atoms with Gasteiger partial charge in [0.25, 0.3) is 0 Å². The summed E-state index contributed by atoms with van der Waals surface area (Å²) >= 11 is 0. The summed E-state index contributed by atoms with van der Waals surface area (Å²) < 4.78 is 10.5. The zero-order valence-corrected chi connectivity index (χ0v) is 16.7. The minimum Gasteiger partial charge on any atom is -0.465 e. The van der Waals surface area contributed by atoms with E-state index < -0.39 is 0 Å². The van der Waals surface area contributed by atoms with E-state index in [4.69, 9.17) is 9.47 Å². The number of carbonyl (C=O) groups excluding carboxylic acids is 2. The van der Waals surface area contributed by atoms with Crippen LogP contribution in [0.4, 0.5) is 0 Å². The molecule has 0 radical (unpaired) electrons. The molecule has 0 saturated carbocycles. The number of ether oxygens (including phenoxy) is 2. The van der Waals surface area contributed by atoms with Crippen molar-refractivity contribution < 1.29 is 19.1 Å². The smallest absolute Gasteiger partial charge is 0.306 e. The maximum Gasteiger partial charge on any atom is 0.306 e. The van der Waals surface area contributed by atoms with Crippen molar-refractivity contribution in [2.45, 2.75) is 86.5 Å². The molecule has 24 heavy (non-hydrogen) atoms. The second-order valence-corrected chi connectivity index (χ2v) is 8.15. The Balaban J connectivity index is 3.87. The lowest BCUT2D eigenvalue weighted by Crippen LogP contribution is -2.19. The van der Waals surface area contributed by atoms with Gasteiger partial charge in [0.05, 0.1) is 26.1 Å². The van der Waals surface area contributed by atoms with Gasteiger partial charge in [-0.15, -0.1) is 0 Å². The second-order valence-electron chi connectivity index (χ2n) is 8.15. The molecule has 0 N–H and O–H groups in total. The molecule has 0 heterocycles. The van der Waals surface area contributed by atoms with Crippen LogP contribution in [-0.4, -0.2) is 25.2 Å². The minimum absolute atomic E-state index is 0.104. The number of unbranched alkanes of at least 4 members (excludes halogenated alkanes) is 1. The fourth-order valence-electron chi connectivity index (χ4n) is 2.80. The standard InChI is InChI=1S/C20H38O4/c1-7-9-10-17(8-2)15-24-19(22)12-11-18(21)23-14-16(3)13-20(4,5)6/h16-17H,7-15H2,1-6H3. The molecular weight excluding hydrogens is 304 g/mol. The van der Waals surface area contributed by atoms with Crippen LogP contribution in [0.1, 0.15) is 86.5 Å². The third-order valence-electron chi connectivity index (χ3n) is 4.05. The lowest BCUT2D eigenvalue weighted by Gasteiger charge is -2.22. The molecule has 0 amide bonds. The fourth-order valence-corrected chi connectivity index (χ4v) is 2.80. The summed E-state index contributed by atoms with van der Waals surface area (Å²) in [6.07, 6.45) is 5.63. The van der Waals surface area contributed by atoms with Crippen molar-refractivity contribution >= 4 is 11.9 Å². The molecule has 0 aliphatic rings. The van der Waals surface area contributed by atoms with Crippen LogP contribution in [0.5, 0.6) is 0 Å². The Hall–Kier alpha value is -1.06. The predicted molar refractivity (Wildman–Crippen MR) is 97.7 cm³/mol. The average molecular weight is 343 g/mol. The van der Waals surface area contributed by atoms with E-state index in [1.54, 1.807) is 0 Å². The van der Waals surface area contributed by atoms with Gasteiger partial charge in [-0.3, -0.25) is 9.59 Å². The first-order valence-corrected chi connectivity index (χ1v) is 9.49. The topological polar surface area (TPSA) is 52.6 Å². The molecule has 2 atom stereocenters. The van der Waals surface area contributed by atoms with Crippen LogP contribution in [0.15, 0.2) is 0 Å². The highest BCUT2D eigenvalue weighted by Crippen LogP contribution is 2.24. The van der Waals surface area contributed by atoms with Gasteiger partial charge in [0.2, 0.25) is 0 Å². The first-order valence-electron chi connectivity index (χ1n) is 9.49. The van der Waals surface area contributed by atoms with Crippen LogP contribution in [-0.2, 0) is 19.1 Å². The summed E-state index contributed by atoms with van der Waals surface area (Å²) in [6, 6.07) is 0. The van der Waals surface area contributed by atoms with Gasteiger partial charge in [-0.1, -0.05) is 60.8 Å². The maximum atomic E-state index is 11.7. The van der Waals surface area contributed by atoms with Crippen LogP contribution < -0.4 is 0 Å². The monoisotopic (exact) mass is 342 g/mol. The zero-order valence-electron chi connectivity index (χ0n) is 16.7. The molecular formula is C20H38O4. The Morgan fingerprint density at radius 2 is 1.50 bits per heavy atom. The molecule has 0 aromatic heterocycles. The van der Waals surface area contributed by atoms with E-state index >= 15 is 0 Å². The number of carbonyl (C=O) groups is 2. The molecule has 4 heteroatoms. The van der Waals surface area contributed by atoms with E-state index in [9.17, 15) is 9.59 Å². The van der Waals surface area contributed by atoms with Crippen LogP contribution in [0.3, 0.4) is 0 Å². The van der Waals surface area contributed by atoms with Crippen molar-refractivity contribution in [1.29, 1.82) is 0 Å². The molecule has 0 spiro atoms. The number of esters is 2. The summed E-state index contributed by atoms with van der Waals surface area (Å²) in [4.78, 5) is 23.5. The summed E-state index contributed by atoms with van der Waals surface area (Å²) in [5.74, 6) is 0.138. The first-order chi connectivity index (χ1) is 11.2. The summed E-state index contributed by atoms with van der Waals surface area (Å²) in [5, 5.41) is 0. The molecule has 0 saturated heterocycles. The van der Waals surface area contributed by atoms with Crippen molar-refractivity contribution in [2.75, 3.05) is 13.2 Å². The van der Waals surface area contributed by atoms with Crippen molar-refractivity contribution in [3.8, 4) is 0 Å². The molecule has 0 fully saturated rings. The molecule has 0 aliphatic carbocycles. The van der Waals surface area contributed by atoms with Gasteiger partial charge in [0, 0.05) is 0 Å². The lowest BCUT2D eigenvalue weighted by molar-refractivity contribution is -0.151. The van der Waals surface area contributed by atoms with E-state index in [-0.39, 0.29) is 30.2 Å². The Bertz CT molecular complexity index is 357. The molecule has 0 bridgehead atoms. The van der Waals surface area contributed by atoms with E-state index in [0.717, 1.165) is 32.1 Å². The van der Waals surface area contributed by atoms with Crippen molar-refractivity contribution in [2.24, 2.45) is 17.3 Å². The van der Waals surface area contributed by atoms with Gasteiger partial charge < -0.3 is 9.47 Å². The number of rotatable bonds is 12. The van der Waals surface area contributed by atoms with E-state index in [2.05, 4.69) is 41.5 Å². The molecule has 0 rings (SSSR count). The number of hydrogen-bond acceptors (Lipinski definition) is 4. The second kappa shape index (κ2) is 12.3. The average Bonchev–Trinajstić information content (AvgIpc) is 2.49. The normalized spacial score (nSPS) is 14.1. The zero-order chi connectivity index (χ0) is 18.6. The van der Waals surface area contributed by atoms with Gasteiger partial charge in [0.15, 0.2) is 0 Å².